The Kier molecular flexibility index (Phi) is 7.35. The first-order valence-corrected chi connectivity index (χ1v) is 15.6. The number of carbonyl (C=O) groups is 1. The zero-order valence-electron chi connectivity index (χ0n) is 25.8. The summed E-state index contributed by atoms with van der Waals surface area (Å²) in [4.78, 5) is 23.0. The molecule has 230 valence electrons. The molecule has 7 rings (SSSR count). The van der Waals surface area contributed by atoms with Gasteiger partial charge in [0.15, 0.2) is 5.65 Å². The Bertz CT molecular complexity index is 1930. The second-order valence-corrected chi connectivity index (χ2v) is 11.9. The number of nitrogens with zero attached hydrogens (tertiary/aromatic N) is 5. The summed E-state index contributed by atoms with van der Waals surface area (Å²) in [6, 6.07) is 35.6. The highest BCUT2D eigenvalue weighted by atomic mass is 19.1. The number of aryl methyl sites for hydroxylation is 1. The lowest BCUT2D eigenvalue weighted by atomic mass is 9.70. The normalized spacial score (nSPS) is 14.2. The maximum Gasteiger partial charge on any atom is 0.407 e. The van der Waals surface area contributed by atoms with Crippen LogP contribution in [0.15, 0.2) is 116 Å². The largest absolute Gasteiger partial charge is 0.465 e. The van der Waals surface area contributed by atoms with E-state index in [1.54, 1.807) is 7.05 Å². The van der Waals surface area contributed by atoms with E-state index in [1.807, 2.05) is 72.3 Å². The zero-order valence-corrected chi connectivity index (χ0v) is 25.8. The molecule has 6 aromatic rings. The SMILES string of the molecule is CCc1nn(C(c2ccccc2)(c2ccccc2)c2ccccc2)c2ncnc(-c3cc(F)cc(C4(N(C)C(=O)O)CCC4)c3)c12. The Balaban J connectivity index is 1.53. The van der Waals surface area contributed by atoms with Crippen LogP contribution in [-0.2, 0) is 17.5 Å². The molecule has 7 nitrogen and oxygen atoms in total. The van der Waals surface area contributed by atoms with Crippen molar-refractivity contribution in [3.05, 3.63) is 149 Å². The van der Waals surface area contributed by atoms with Crippen LogP contribution in [0.4, 0.5) is 9.18 Å². The second-order valence-electron chi connectivity index (χ2n) is 11.9. The summed E-state index contributed by atoms with van der Waals surface area (Å²) >= 11 is 0. The van der Waals surface area contributed by atoms with Gasteiger partial charge in [0.1, 0.15) is 17.7 Å². The number of halogens is 1. The van der Waals surface area contributed by atoms with Gasteiger partial charge in [-0.3, -0.25) is 0 Å². The van der Waals surface area contributed by atoms with E-state index in [2.05, 4.69) is 36.4 Å². The van der Waals surface area contributed by atoms with Crippen LogP contribution < -0.4 is 0 Å². The van der Waals surface area contributed by atoms with Gasteiger partial charge in [-0.25, -0.2) is 23.8 Å². The van der Waals surface area contributed by atoms with E-state index in [4.69, 9.17) is 15.1 Å². The van der Waals surface area contributed by atoms with Crippen LogP contribution in [0, 0.1) is 5.82 Å². The van der Waals surface area contributed by atoms with Gasteiger partial charge in [-0.05, 0) is 66.1 Å². The third-order valence-electron chi connectivity index (χ3n) is 9.58. The maximum atomic E-state index is 15.5. The highest BCUT2D eigenvalue weighted by molar-refractivity contribution is 5.93. The van der Waals surface area contributed by atoms with Crippen LogP contribution in [0.1, 0.15) is 54.1 Å². The predicted molar refractivity (Wildman–Crippen MR) is 176 cm³/mol. The minimum absolute atomic E-state index is 0.443. The minimum Gasteiger partial charge on any atom is -0.465 e. The van der Waals surface area contributed by atoms with Crippen molar-refractivity contribution in [2.45, 2.75) is 43.7 Å². The summed E-state index contributed by atoms with van der Waals surface area (Å²) < 4.78 is 17.5. The molecule has 2 aromatic heterocycles. The molecule has 0 bridgehead atoms. The average molecular weight is 612 g/mol. The summed E-state index contributed by atoms with van der Waals surface area (Å²) in [5.74, 6) is -0.443. The van der Waals surface area contributed by atoms with Crippen molar-refractivity contribution < 1.29 is 14.3 Å². The fourth-order valence-corrected chi connectivity index (χ4v) is 7.13. The van der Waals surface area contributed by atoms with Gasteiger partial charge in [0.2, 0.25) is 0 Å². The fourth-order valence-electron chi connectivity index (χ4n) is 7.13. The van der Waals surface area contributed by atoms with Crippen molar-refractivity contribution in [3.63, 3.8) is 0 Å². The van der Waals surface area contributed by atoms with Gasteiger partial charge in [-0.1, -0.05) is 97.9 Å². The fraction of sp³-hybridized carbons (Fsp3) is 0.211. The molecule has 1 saturated carbocycles. The van der Waals surface area contributed by atoms with Gasteiger partial charge in [0.25, 0.3) is 0 Å². The molecule has 2 heterocycles. The molecule has 0 unspecified atom stereocenters. The van der Waals surface area contributed by atoms with Crippen molar-refractivity contribution >= 4 is 17.1 Å². The minimum atomic E-state index is -1.04. The van der Waals surface area contributed by atoms with Gasteiger partial charge in [0, 0.05) is 12.6 Å². The van der Waals surface area contributed by atoms with Crippen molar-refractivity contribution in [1.29, 1.82) is 0 Å². The van der Waals surface area contributed by atoms with E-state index < -0.39 is 23.0 Å². The molecule has 0 radical (unpaired) electrons. The van der Waals surface area contributed by atoms with Gasteiger partial charge < -0.3 is 10.0 Å². The monoisotopic (exact) mass is 611 g/mol. The molecule has 4 aromatic carbocycles. The van der Waals surface area contributed by atoms with E-state index in [0.29, 0.717) is 41.7 Å². The number of hydrogen-bond acceptors (Lipinski definition) is 4. The van der Waals surface area contributed by atoms with E-state index in [0.717, 1.165) is 34.2 Å². The first-order valence-electron chi connectivity index (χ1n) is 15.6. The van der Waals surface area contributed by atoms with E-state index in [9.17, 15) is 9.90 Å². The predicted octanol–water partition coefficient (Wildman–Crippen LogP) is 8.02. The summed E-state index contributed by atoms with van der Waals surface area (Å²) in [7, 11) is 1.56. The summed E-state index contributed by atoms with van der Waals surface area (Å²) in [6.07, 6.45) is 3.19. The Labute approximate surface area is 267 Å². The average Bonchev–Trinajstić information content (AvgIpc) is 3.45. The lowest BCUT2D eigenvalue weighted by molar-refractivity contribution is 0.0376. The highest BCUT2D eigenvalue weighted by Gasteiger charge is 2.45. The number of carboxylic acid groups (broad SMARTS) is 1. The van der Waals surface area contributed by atoms with Crippen LogP contribution in [-0.4, -0.2) is 42.9 Å². The zero-order chi connectivity index (χ0) is 31.9. The Morgan fingerprint density at radius 2 is 1.46 bits per heavy atom. The molecule has 0 atom stereocenters. The highest BCUT2D eigenvalue weighted by Crippen LogP contribution is 2.48. The van der Waals surface area contributed by atoms with Gasteiger partial charge in [0.05, 0.1) is 22.3 Å². The van der Waals surface area contributed by atoms with Crippen LogP contribution in [0.25, 0.3) is 22.3 Å². The van der Waals surface area contributed by atoms with Crippen molar-refractivity contribution in [2.75, 3.05) is 7.05 Å². The smallest absolute Gasteiger partial charge is 0.407 e. The van der Waals surface area contributed by atoms with Crippen molar-refractivity contribution in [3.8, 4) is 11.3 Å². The van der Waals surface area contributed by atoms with E-state index in [1.165, 1.54) is 23.4 Å². The van der Waals surface area contributed by atoms with E-state index >= 15 is 4.39 Å². The first kappa shape index (κ1) is 29.3. The van der Waals surface area contributed by atoms with Crippen LogP contribution in [0.5, 0.6) is 0 Å². The molecule has 0 saturated heterocycles. The number of fused-ring (bicyclic) bond motifs is 1. The lowest BCUT2D eigenvalue weighted by Crippen LogP contribution is -2.51. The van der Waals surface area contributed by atoms with Gasteiger partial charge in [-0.15, -0.1) is 0 Å². The number of hydrogen-bond donors (Lipinski definition) is 1. The Morgan fingerprint density at radius 1 is 0.891 bits per heavy atom. The van der Waals surface area contributed by atoms with Crippen LogP contribution in [0.3, 0.4) is 0 Å². The number of benzene rings is 4. The molecular formula is C38H34FN5O2. The third-order valence-corrected chi connectivity index (χ3v) is 9.58. The summed E-state index contributed by atoms with van der Waals surface area (Å²) in [6.45, 7) is 2.04. The molecular weight excluding hydrogens is 577 g/mol. The topological polar surface area (TPSA) is 84.1 Å². The molecule has 46 heavy (non-hydrogen) atoms. The molecule has 0 aliphatic heterocycles. The molecule has 0 spiro atoms. The van der Waals surface area contributed by atoms with E-state index in [-0.39, 0.29) is 0 Å². The molecule has 1 amide bonds. The van der Waals surface area contributed by atoms with Gasteiger partial charge in [-0.2, -0.15) is 5.10 Å². The second kappa shape index (κ2) is 11.5. The first-order chi connectivity index (χ1) is 22.4. The quantitative estimate of drug-likeness (QED) is 0.176. The van der Waals surface area contributed by atoms with Crippen LogP contribution >= 0.6 is 0 Å². The molecule has 8 heteroatoms. The maximum absolute atomic E-state index is 15.5. The standard InChI is InChI=1S/C38H34FN5O2/c1-3-32-33-34(26-22-30(24-31(39)23-26)37(20-13-21-37)43(2)36(45)46)40-25-41-35(33)44(42-32)38(27-14-7-4-8-15-27,28-16-9-5-10-17-28)29-18-11-6-12-19-29/h4-12,14-19,22-25H,3,13,20-21H2,1-2H3,(H,45,46). The number of aromatic nitrogens is 4. The summed E-state index contributed by atoms with van der Waals surface area (Å²) in [5.41, 5.74) is 4.50. The Morgan fingerprint density at radius 3 is 1.93 bits per heavy atom. The molecule has 1 aliphatic carbocycles. The number of rotatable bonds is 8. The molecule has 1 N–H and O–H groups in total. The third kappa shape index (κ3) is 4.47. The molecule has 1 fully saturated rings. The lowest BCUT2D eigenvalue weighted by Gasteiger charge is -2.48. The summed E-state index contributed by atoms with van der Waals surface area (Å²) in [5, 5.41) is 15.9. The number of amides is 1. The van der Waals surface area contributed by atoms with Crippen LogP contribution in [0.2, 0.25) is 0 Å². The van der Waals surface area contributed by atoms with Crippen molar-refractivity contribution in [1.82, 2.24) is 24.6 Å². The molecule has 1 aliphatic rings. The van der Waals surface area contributed by atoms with Gasteiger partial charge >= 0.3 is 6.09 Å². The Hall–Kier alpha value is -5.37. The van der Waals surface area contributed by atoms with Crippen molar-refractivity contribution in [2.24, 2.45) is 0 Å².